The van der Waals surface area contributed by atoms with Crippen LogP contribution < -0.4 is 14.4 Å². The Morgan fingerprint density at radius 2 is 1.72 bits per heavy atom. The van der Waals surface area contributed by atoms with Crippen LogP contribution in [0.25, 0.3) is 22.2 Å². The molecule has 1 amide bonds. The van der Waals surface area contributed by atoms with Crippen molar-refractivity contribution in [3.63, 3.8) is 0 Å². The second-order valence-corrected chi connectivity index (χ2v) is 7.17. The summed E-state index contributed by atoms with van der Waals surface area (Å²) in [6.07, 6.45) is 0. The number of anilines is 1. The predicted octanol–water partition coefficient (Wildman–Crippen LogP) is 5.07. The Balaban J connectivity index is 1.84. The molecule has 4 aromatic rings. The quantitative estimate of drug-likeness (QED) is 0.448. The molecule has 0 radical (unpaired) electrons. The number of hydrogen-bond acceptors (Lipinski definition) is 5. The number of fused-ring (bicyclic) bond motifs is 1. The summed E-state index contributed by atoms with van der Waals surface area (Å²) in [5.41, 5.74) is 3.81. The summed E-state index contributed by atoms with van der Waals surface area (Å²) in [5.74, 6) is 1.00. The first-order chi connectivity index (χ1) is 15.5. The second-order valence-electron chi connectivity index (χ2n) is 7.17. The summed E-state index contributed by atoms with van der Waals surface area (Å²) < 4.78 is 10.8. The van der Waals surface area contributed by atoms with Gasteiger partial charge in [0.2, 0.25) is 0 Å². The van der Waals surface area contributed by atoms with Crippen molar-refractivity contribution in [3.8, 4) is 28.8 Å². The third-order valence-electron chi connectivity index (χ3n) is 5.29. The average molecular weight is 423 g/mol. The number of amides is 1. The Hall–Kier alpha value is -4.37. The summed E-state index contributed by atoms with van der Waals surface area (Å²) in [6.45, 7) is 0. The smallest absolute Gasteiger partial charge is 0.258 e. The number of aromatic nitrogens is 1. The molecule has 4 rings (SSSR count). The van der Waals surface area contributed by atoms with E-state index in [4.69, 9.17) is 14.5 Å². The molecule has 0 saturated carbocycles. The average Bonchev–Trinajstić information content (AvgIpc) is 2.86. The molecule has 0 spiro atoms. The van der Waals surface area contributed by atoms with Gasteiger partial charge in [-0.2, -0.15) is 5.26 Å². The molecule has 0 fully saturated rings. The molecular weight excluding hydrogens is 402 g/mol. The van der Waals surface area contributed by atoms with Crippen molar-refractivity contribution >= 4 is 22.5 Å². The van der Waals surface area contributed by atoms with Crippen LogP contribution in [0.5, 0.6) is 11.5 Å². The highest BCUT2D eigenvalue weighted by Crippen LogP contribution is 2.33. The molecular formula is C26H21N3O3. The van der Waals surface area contributed by atoms with E-state index in [1.165, 1.54) is 0 Å². The SMILES string of the molecule is COc1ccc(-c2cc(C(=O)N(C)c3cccc(C#N)c3)c3ccccc3n2)cc1OC. The normalized spacial score (nSPS) is 10.4. The van der Waals surface area contributed by atoms with Crippen molar-refractivity contribution in [2.24, 2.45) is 0 Å². The van der Waals surface area contributed by atoms with E-state index in [-0.39, 0.29) is 5.91 Å². The van der Waals surface area contributed by atoms with Gasteiger partial charge in [-0.3, -0.25) is 4.79 Å². The molecule has 0 bridgehead atoms. The van der Waals surface area contributed by atoms with Gasteiger partial charge in [0.05, 0.1) is 42.6 Å². The molecule has 158 valence electrons. The van der Waals surface area contributed by atoms with Crippen LogP contribution in [0.1, 0.15) is 15.9 Å². The number of ether oxygens (including phenoxy) is 2. The van der Waals surface area contributed by atoms with Crippen molar-refractivity contribution < 1.29 is 14.3 Å². The minimum Gasteiger partial charge on any atom is -0.493 e. The summed E-state index contributed by atoms with van der Waals surface area (Å²) in [7, 11) is 4.86. The van der Waals surface area contributed by atoms with E-state index in [0.29, 0.717) is 39.5 Å². The van der Waals surface area contributed by atoms with Gasteiger partial charge in [0.1, 0.15) is 0 Å². The predicted molar refractivity (Wildman–Crippen MR) is 124 cm³/mol. The van der Waals surface area contributed by atoms with Crippen molar-refractivity contribution in [2.75, 3.05) is 26.2 Å². The molecule has 0 aliphatic heterocycles. The maximum Gasteiger partial charge on any atom is 0.258 e. The van der Waals surface area contributed by atoms with Crippen molar-refractivity contribution in [2.45, 2.75) is 0 Å². The van der Waals surface area contributed by atoms with Crippen LogP contribution >= 0.6 is 0 Å². The van der Waals surface area contributed by atoms with E-state index in [1.54, 1.807) is 56.5 Å². The first kappa shape index (κ1) is 20.9. The maximum atomic E-state index is 13.5. The van der Waals surface area contributed by atoms with Gasteiger partial charge in [0.25, 0.3) is 5.91 Å². The number of methoxy groups -OCH3 is 2. The zero-order valence-corrected chi connectivity index (χ0v) is 18.0. The molecule has 0 aliphatic carbocycles. The highest BCUT2D eigenvalue weighted by molar-refractivity contribution is 6.14. The van der Waals surface area contributed by atoms with Crippen LogP contribution in [0.2, 0.25) is 0 Å². The van der Waals surface area contributed by atoms with Gasteiger partial charge >= 0.3 is 0 Å². The van der Waals surface area contributed by atoms with E-state index in [1.807, 2.05) is 42.5 Å². The van der Waals surface area contributed by atoms with E-state index >= 15 is 0 Å². The van der Waals surface area contributed by atoms with Crippen molar-refractivity contribution in [1.82, 2.24) is 4.98 Å². The standard InChI is InChI=1S/C26H21N3O3/c1-29(19-8-6-7-17(13-19)16-27)26(30)21-15-23(28-22-10-5-4-9-20(21)22)18-11-12-24(31-2)25(14-18)32-3/h4-15H,1-3H3. The number of pyridine rings is 1. The van der Waals surface area contributed by atoms with E-state index in [9.17, 15) is 10.1 Å². The van der Waals surface area contributed by atoms with Gasteiger partial charge in [-0.05, 0) is 48.5 Å². The van der Waals surface area contributed by atoms with Crippen LogP contribution in [0.4, 0.5) is 5.69 Å². The zero-order chi connectivity index (χ0) is 22.7. The number of nitriles is 1. The Morgan fingerprint density at radius 3 is 2.47 bits per heavy atom. The van der Waals surface area contributed by atoms with E-state index in [2.05, 4.69) is 6.07 Å². The first-order valence-corrected chi connectivity index (χ1v) is 9.96. The second kappa shape index (κ2) is 8.78. The lowest BCUT2D eigenvalue weighted by Gasteiger charge is -2.19. The molecule has 0 unspecified atom stereocenters. The number of carbonyl (C=O) groups is 1. The number of para-hydroxylation sites is 1. The van der Waals surface area contributed by atoms with Gasteiger partial charge in [-0.25, -0.2) is 4.98 Å². The summed E-state index contributed by atoms with van der Waals surface area (Å²) in [5, 5.41) is 9.96. The highest BCUT2D eigenvalue weighted by atomic mass is 16.5. The lowest BCUT2D eigenvalue weighted by Crippen LogP contribution is -2.26. The van der Waals surface area contributed by atoms with Crippen molar-refractivity contribution in [1.29, 1.82) is 5.26 Å². The molecule has 3 aromatic carbocycles. The topological polar surface area (TPSA) is 75.5 Å². The van der Waals surface area contributed by atoms with Gasteiger partial charge in [-0.1, -0.05) is 24.3 Å². The lowest BCUT2D eigenvalue weighted by molar-refractivity contribution is 0.0994. The molecule has 0 atom stereocenters. The Labute approximate surface area is 186 Å². The third kappa shape index (κ3) is 3.84. The Kier molecular flexibility index (Phi) is 5.73. The molecule has 0 saturated heterocycles. The number of carbonyl (C=O) groups excluding carboxylic acids is 1. The minimum absolute atomic E-state index is 0.194. The van der Waals surface area contributed by atoms with Gasteiger partial charge in [-0.15, -0.1) is 0 Å². The minimum atomic E-state index is -0.194. The van der Waals surface area contributed by atoms with Crippen LogP contribution in [0.3, 0.4) is 0 Å². The zero-order valence-electron chi connectivity index (χ0n) is 18.0. The van der Waals surface area contributed by atoms with Crippen molar-refractivity contribution in [3.05, 3.63) is 83.9 Å². The maximum absolute atomic E-state index is 13.5. The van der Waals surface area contributed by atoms with Gasteiger partial charge in [0, 0.05) is 23.7 Å². The fraction of sp³-hybridized carbons (Fsp3) is 0.115. The highest BCUT2D eigenvalue weighted by Gasteiger charge is 2.19. The van der Waals surface area contributed by atoms with Crippen LogP contribution in [-0.2, 0) is 0 Å². The summed E-state index contributed by atoms with van der Waals surface area (Å²) in [4.78, 5) is 19.8. The molecule has 32 heavy (non-hydrogen) atoms. The van der Waals surface area contributed by atoms with Crippen LogP contribution in [-0.4, -0.2) is 32.2 Å². The summed E-state index contributed by atoms with van der Waals surface area (Å²) in [6, 6.07) is 23.9. The van der Waals surface area contributed by atoms with E-state index in [0.717, 1.165) is 10.9 Å². The fourth-order valence-electron chi connectivity index (χ4n) is 3.58. The lowest BCUT2D eigenvalue weighted by atomic mass is 10.0. The Bertz CT molecular complexity index is 1360. The van der Waals surface area contributed by atoms with Crippen LogP contribution in [0, 0.1) is 11.3 Å². The third-order valence-corrected chi connectivity index (χ3v) is 5.29. The largest absolute Gasteiger partial charge is 0.493 e. The molecule has 0 N–H and O–H groups in total. The monoisotopic (exact) mass is 423 g/mol. The number of hydrogen-bond donors (Lipinski definition) is 0. The van der Waals surface area contributed by atoms with Crippen LogP contribution in [0.15, 0.2) is 72.8 Å². The molecule has 6 nitrogen and oxygen atoms in total. The number of nitrogens with zero attached hydrogens (tertiary/aromatic N) is 3. The Morgan fingerprint density at radius 1 is 0.938 bits per heavy atom. The summed E-state index contributed by atoms with van der Waals surface area (Å²) >= 11 is 0. The molecule has 1 heterocycles. The fourth-order valence-corrected chi connectivity index (χ4v) is 3.58. The molecule has 6 heteroatoms. The van der Waals surface area contributed by atoms with Gasteiger partial charge in [0.15, 0.2) is 11.5 Å². The van der Waals surface area contributed by atoms with E-state index < -0.39 is 0 Å². The number of rotatable bonds is 5. The first-order valence-electron chi connectivity index (χ1n) is 9.96. The number of benzene rings is 3. The molecule has 1 aromatic heterocycles. The van der Waals surface area contributed by atoms with Gasteiger partial charge < -0.3 is 14.4 Å². The molecule has 0 aliphatic rings.